The first-order valence-electron chi connectivity index (χ1n) is 5.94. The minimum Gasteiger partial charge on any atom is -0.412 e. The van der Waals surface area contributed by atoms with Crippen molar-refractivity contribution < 1.29 is 4.43 Å². The van der Waals surface area contributed by atoms with Gasteiger partial charge >= 0.3 is 0 Å². The van der Waals surface area contributed by atoms with Crippen molar-refractivity contribution in [3.05, 3.63) is 48.7 Å². The molecule has 1 aromatic rings. The summed E-state index contributed by atoms with van der Waals surface area (Å²) >= 11 is 0. The second kappa shape index (κ2) is 5.50. The molecule has 0 aromatic heterocycles. The van der Waals surface area contributed by atoms with Gasteiger partial charge in [-0.2, -0.15) is 0 Å². The van der Waals surface area contributed by atoms with Gasteiger partial charge in [-0.05, 0) is 24.4 Å². The average molecular weight is 246 g/mol. The molecule has 0 bridgehead atoms. The van der Waals surface area contributed by atoms with Crippen LogP contribution in [0.2, 0.25) is 13.1 Å². The average Bonchev–Trinajstić information content (AvgIpc) is 2.28. The van der Waals surface area contributed by atoms with E-state index in [1.165, 1.54) is 5.19 Å². The SMILES string of the molecule is C=C=CC(C)(C)CO[Si](C)(C)c1ccccc1. The van der Waals surface area contributed by atoms with Crippen LogP contribution in [-0.2, 0) is 4.43 Å². The van der Waals surface area contributed by atoms with E-state index in [-0.39, 0.29) is 5.41 Å². The molecule has 1 rings (SSSR count). The minimum atomic E-state index is -1.79. The summed E-state index contributed by atoms with van der Waals surface area (Å²) in [5, 5.41) is 1.33. The molecular formula is C15H22OSi. The molecule has 0 saturated heterocycles. The van der Waals surface area contributed by atoms with Gasteiger partial charge in [-0.3, -0.25) is 0 Å². The number of rotatable bonds is 5. The normalized spacial score (nSPS) is 12.0. The highest BCUT2D eigenvalue weighted by molar-refractivity contribution is 6.84. The predicted octanol–water partition coefficient (Wildman–Crippen LogP) is 3.48. The van der Waals surface area contributed by atoms with Crippen molar-refractivity contribution in [2.75, 3.05) is 6.61 Å². The van der Waals surface area contributed by atoms with Gasteiger partial charge in [0, 0.05) is 12.0 Å². The van der Waals surface area contributed by atoms with Crippen molar-refractivity contribution >= 4 is 13.5 Å². The maximum absolute atomic E-state index is 6.17. The molecule has 0 fully saturated rings. The third kappa shape index (κ3) is 4.35. The number of hydrogen-bond acceptors (Lipinski definition) is 1. The molecule has 0 spiro atoms. The summed E-state index contributed by atoms with van der Waals surface area (Å²) < 4.78 is 6.17. The van der Waals surface area contributed by atoms with E-state index in [9.17, 15) is 0 Å². The number of hydrogen-bond donors (Lipinski definition) is 0. The van der Waals surface area contributed by atoms with Crippen LogP contribution in [0, 0.1) is 5.41 Å². The van der Waals surface area contributed by atoms with Gasteiger partial charge in [0.1, 0.15) is 0 Å². The van der Waals surface area contributed by atoms with Gasteiger partial charge in [0.15, 0.2) is 0 Å². The van der Waals surface area contributed by atoms with Crippen LogP contribution in [0.15, 0.2) is 48.7 Å². The van der Waals surface area contributed by atoms with E-state index >= 15 is 0 Å². The van der Waals surface area contributed by atoms with E-state index in [4.69, 9.17) is 4.43 Å². The molecule has 17 heavy (non-hydrogen) atoms. The molecule has 0 aliphatic heterocycles. The third-order valence-corrected chi connectivity index (χ3v) is 5.36. The standard InChI is InChI=1S/C15H22OSi/c1-6-12-15(2,3)13-16-17(4,5)14-10-8-7-9-11-14/h7-12H,1,13H2,2-5H3. The van der Waals surface area contributed by atoms with Crippen molar-refractivity contribution in [3.63, 3.8) is 0 Å². The van der Waals surface area contributed by atoms with Gasteiger partial charge in [-0.1, -0.05) is 50.8 Å². The van der Waals surface area contributed by atoms with Crippen molar-refractivity contribution in [1.82, 2.24) is 0 Å². The summed E-state index contributed by atoms with van der Waals surface area (Å²) in [7, 11) is -1.79. The van der Waals surface area contributed by atoms with Crippen molar-refractivity contribution in [3.8, 4) is 0 Å². The van der Waals surface area contributed by atoms with E-state index in [2.05, 4.69) is 63.5 Å². The Labute approximate surface area is 106 Å². The molecule has 0 atom stereocenters. The first kappa shape index (κ1) is 14.0. The Bertz CT molecular complexity index is 400. The van der Waals surface area contributed by atoms with Crippen LogP contribution in [0.1, 0.15) is 13.8 Å². The Morgan fingerprint density at radius 1 is 1.29 bits per heavy atom. The quantitative estimate of drug-likeness (QED) is 0.571. The Morgan fingerprint density at radius 2 is 1.88 bits per heavy atom. The molecule has 92 valence electrons. The van der Waals surface area contributed by atoms with E-state index in [0.29, 0.717) is 6.61 Å². The van der Waals surface area contributed by atoms with E-state index in [1.54, 1.807) is 0 Å². The molecule has 0 aliphatic rings. The molecule has 0 radical (unpaired) electrons. The lowest BCUT2D eigenvalue weighted by Crippen LogP contribution is -2.46. The fourth-order valence-corrected chi connectivity index (χ4v) is 3.50. The monoisotopic (exact) mass is 246 g/mol. The zero-order valence-corrected chi connectivity index (χ0v) is 12.3. The van der Waals surface area contributed by atoms with Gasteiger partial charge in [-0.25, -0.2) is 0 Å². The first-order valence-corrected chi connectivity index (χ1v) is 8.85. The lowest BCUT2D eigenvalue weighted by molar-refractivity contribution is 0.218. The third-order valence-electron chi connectivity index (χ3n) is 2.77. The van der Waals surface area contributed by atoms with E-state index < -0.39 is 8.32 Å². The molecule has 0 N–H and O–H groups in total. The van der Waals surface area contributed by atoms with Crippen molar-refractivity contribution in [2.24, 2.45) is 5.41 Å². The lowest BCUT2D eigenvalue weighted by Gasteiger charge is -2.28. The summed E-state index contributed by atoms with van der Waals surface area (Å²) in [6.07, 6.45) is 1.97. The van der Waals surface area contributed by atoms with Crippen LogP contribution in [0.3, 0.4) is 0 Å². The van der Waals surface area contributed by atoms with Crippen LogP contribution >= 0.6 is 0 Å². The predicted molar refractivity (Wildman–Crippen MR) is 77.0 cm³/mol. The summed E-state index contributed by atoms with van der Waals surface area (Å²) in [4.78, 5) is 0. The molecule has 1 nitrogen and oxygen atoms in total. The maximum atomic E-state index is 6.17. The molecule has 1 aromatic carbocycles. The molecule has 0 heterocycles. The van der Waals surface area contributed by atoms with Crippen LogP contribution < -0.4 is 5.19 Å². The van der Waals surface area contributed by atoms with Crippen LogP contribution in [0.25, 0.3) is 0 Å². The largest absolute Gasteiger partial charge is 0.412 e. The van der Waals surface area contributed by atoms with Gasteiger partial charge in [0.2, 0.25) is 8.32 Å². The van der Waals surface area contributed by atoms with Crippen LogP contribution in [-0.4, -0.2) is 14.9 Å². The summed E-state index contributed by atoms with van der Waals surface area (Å²) in [6.45, 7) is 13.1. The molecule has 0 aliphatic carbocycles. The topological polar surface area (TPSA) is 9.23 Å². The first-order chi connectivity index (χ1) is 7.87. The van der Waals surface area contributed by atoms with Crippen molar-refractivity contribution in [1.29, 1.82) is 0 Å². The van der Waals surface area contributed by atoms with E-state index in [0.717, 1.165) is 0 Å². The molecule has 2 heteroatoms. The van der Waals surface area contributed by atoms with Gasteiger partial charge in [-0.15, -0.1) is 5.73 Å². The minimum absolute atomic E-state index is 0.000794. The molecule has 0 unspecified atom stereocenters. The van der Waals surface area contributed by atoms with E-state index in [1.807, 2.05) is 12.1 Å². The van der Waals surface area contributed by atoms with Crippen molar-refractivity contribution in [2.45, 2.75) is 26.9 Å². The molecule has 0 saturated carbocycles. The maximum Gasteiger partial charge on any atom is 0.218 e. The summed E-state index contributed by atoms with van der Waals surface area (Å²) in [5.41, 5.74) is 2.85. The van der Waals surface area contributed by atoms with Gasteiger partial charge in [0.25, 0.3) is 0 Å². The summed E-state index contributed by atoms with van der Waals surface area (Å²) in [6, 6.07) is 10.5. The highest BCUT2D eigenvalue weighted by Gasteiger charge is 2.27. The molecule has 0 amide bonds. The fraction of sp³-hybridized carbons (Fsp3) is 0.400. The highest BCUT2D eigenvalue weighted by Crippen LogP contribution is 2.19. The second-order valence-electron chi connectivity index (χ2n) is 5.50. The van der Waals surface area contributed by atoms with Gasteiger partial charge < -0.3 is 4.43 Å². The highest BCUT2D eigenvalue weighted by atomic mass is 28.4. The fourth-order valence-electron chi connectivity index (χ4n) is 1.61. The van der Waals surface area contributed by atoms with Crippen LogP contribution in [0.4, 0.5) is 0 Å². The zero-order valence-electron chi connectivity index (χ0n) is 11.3. The summed E-state index contributed by atoms with van der Waals surface area (Å²) in [5.74, 6) is 0. The smallest absolute Gasteiger partial charge is 0.218 e. The Morgan fingerprint density at radius 3 is 2.41 bits per heavy atom. The molecular weight excluding hydrogens is 224 g/mol. The van der Waals surface area contributed by atoms with Crippen LogP contribution in [0.5, 0.6) is 0 Å². The lowest BCUT2D eigenvalue weighted by atomic mass is 9.95. The Balaban J connectivity index is 2.71. The Kier molecular flexibility index (Phi) is 4.52. The Hall–Kier alpha value is -1.08. The zero-order chi connectivity index (χ0) is 12.9. The number of benzene rings is 1. The second-order valence-corrected chi connectivity index (χ2v) is 9.39. The van der Waals surface area contributed by atoms with Gasteiger partial charge in [0.05, 0.1) is 0 Å².